The third-order valence-electron chi connectivity index (χ3n) is 8.11. The fourth-order valence-electron chi connectivity index (χ4n) is 6.12. The molecule has 3 heteroatoms. The Morgan fingerprint density at radius 2 is 1.48 bits per heavy atom. The van der Waals surface area contributed by atoms with E-state index in [0.717, 1.165) is 63.0 Å². The van der Waals surface area contributed by atoms with Gasteiger partial charge in [-0.15, -0.1) is 0 Å². The molecule has 2 aliphatic carbocycles. The van der Waals surface area contributed by atoms with Gasteiger partial charge in [-0.1, -0.05) is 99.3 Å². The molecule has 0 unspecified atom stereocenters. The molecule has 0 spiro atoms. The second kappa shape index (κ2) is 10.8. The topological polar surface area (TPSA) is 54.4 Å². The van der Waals surface area contributed by atoms with Crippen LogP contribution in [0.1, 0.15) is 58.5 Å². The number of carbonyl (C=O) groups excluding carboxylic acids is 2. The Morgan fingerprint density at radius 1 is 0.857 bits per heavy atom. The van der Waals surface area contributed by atoms with Crippen molar-refractivity contribution in [1.29, 1.82) is 0 Å². The molecule has 0 fully saturated rings. The van der Waals surface area contributed by atoms with E-state index in [0.29, 0.717) is 22.3 Å². The molecule has 42 heavy (non-hydrogen) atoms. The van der Waals surface area contributed by atoms with Crippen LogP contribution in [0.2, 0.25) is 0 Å². The van der Waals surface area contributed by atoms with Gasteiger partial charge in [0.25, 0.3) is 0 Å². The summed E-state index contributed by atoms with van der Waals surface area (Å²) in [7, 11) is 0. The minimum Gasteiger partial charge on any atom is -0.507 e. The van der Waals surface area contributed by atoms with Crippen LogP contribution in [-0.4, -0.2) is 17.2 Å². The Labute approximate surface area is 246 Å². The lowest BCUT2D eigenvalue weighted by Gasteiger charge is -2.30. The Balaban J connectivity index is 1.27. The maximum atomic E-state index is 13.3. The highest BCUT2D eigenvalue weighted by atomic mass is 16.3. The molecule has 0 amide bonds. The minimum absolute atomic E-state index is 0.0146. The van der Waals surface area contributed by atoms with Crippen LogP contribution in [-0.2, 0) is 0 Å². The van der Waals surface area contributed by atoms with Gasteiger partial charge in [-0.05, 0) is 92.4 Å². The molecule has 1 N–H and O–H groups in total. The first-order valence-corrected chi connectivity index (χ1v) is 14.2. The van der Waals surface area contributed by atoms with Crippen molar-refractivity contribution in [2.24, 2.45) is 5.41 Å². The van der Waals surface area contributed by atoms with Gasteiger partial charge in [0.15, 0.2) is 12.1 Å². The van der Waals surface area contributed by atoms with Crippen LogP contribution in [0, 0.1) is 5.41 Å². The lowest BCUT2D eigenvalue weighted by atomic mass is 9.75. The molecule has 0 saturated carbocycles. The molecular formula is C39H32O3. The maximum absolute atomic E-state index is 13.3. The molecule has 0 bridgehead atoms. The normalized spacial score (nSPS) is 18.8. The lowest BCUT2D eigenvalue weighted by molar-refractivity contribution is 0.104. The van der Waals surface area contributed by atoms with Crippen LogP contribution >= 0.6 is 0 Å². The summed E-state index contributed by atoms with van der Waals surface area (Å²) in [6.07, 6.45) is 14.1. The van der Waals surface area contributed by atoms with Crippen molar-refractivity contribution in [2.75, 3.05) is 0 Å². The second-order valence-corrected chi connectivity index (χ2v) is 11.9. The summed E-state index contributed by atoms with van der Waals surface area (Å²) < 4.78 is 0. The van der Waals surface area contributed by atoms with E-state index in [9.17, 15) is 14.7 Å². The number of carbonyl (C=O) groups is 2. The van der Waals surface area contributed by atoms with Crippen LogP contribution in [0.5, 0.6) is 0 Å². The van der Waals surface area contributed by atoms with Gasteiger partial charge in [0.2, 0.25) is 0 Å². The number of Topliss-reactive ketones (excluding diaryl/α,β-unsaturated/α-hetero) is 1. The molecule has 0 atom stereocenters. The molecule has 0 saturated heterocycles. The number of hydrogen-bond acceptors (Lipinski definition) is 3. The predicted molar refractivity (Wildman–Crippen MR) is 174 cm³/mol. The lowest BCUT2D eigenvalue weighted by Crippen LogP contribution is -2.16. The van der Waals surface area contributed by atoms with Crippen LogP contribution in [0.25, 0.3) is 32.9 Å². The average molecular weight is 549 g/mol. The number of allylic oxidation sites excluding steroid dienone is 10. The van der Waals surface area contributed by atoms with E-state index in [1.165, 1.54) is 0 Å². The van der Waals surface area contributed by atoms with Gasteiger partial charge in [-0.25, -0.2) is 0 Å². The van der Waals surface area contributed by atoms with E-state index < -0.39 is 0 Å². The minimum atomic E-state index is 0.0146. The Bertz CT molecular complexity index is 1900. The van der Waals surface area contributed by atoms with Gasteiger partial charge >= 0.3 is 0 Å². The molecule has 4 aromatic carbocycles. The van der Waals surface area contributed by atoms with E-state index in [1.807, 2.05) is 78.9 Å². The summed E-state index contributed by atoms with van der Waals surface area (Å²) in [5.74, 6) is 0.0570. The fourth-order valence-corrected chi connectivity index (χ4v) is 6.12. The van der Waals surface area contributed by atoms with Gasteiger partial charge in [0.1, 0.15) is 5.76 Å². The number of rotatable bonds is 5. The van der Waals surface area contributed by atoms with Crippen molar-refractivity contribution in [2.45, 2.75) is 26.7 Å². The third-order valence-corrected chi connectivity index (χ3v) is 8.11. The first kappa shape index (κ1) is 27.2. The van der Waals surface area contributed by atoms with Gasteiger partial charge in [-0.3, -0.25) is 9.59 Å². The maximum Gasteiger partial charge on any atom is 0.194 e. The van der Waals surface area contributed by atoms with Crippen molar-refractivity contribution >= 4 is 44.9 Å². The summed E-state index contributed by atoms with van der Waals surface area (Å²) in [5.41, 5.74) is 6.26. The van der Waals surface area contributed by atoms with E-state index >= 15 is 0 Å². The molecular weight excluding hydrogens is 516 g/mol. The molecule has 6 rings (SSSR count). The zero-order chi connectivity index (χ0) is 29.4. The van der Waals surface area contributed by atoms with Crippen molar-refractivity contribution in [1.82, 2.24) is 0 Å². The summed E-state index contributed by atoms with van der Waals surface area (Å²) in [6.45, 7) is 8.72. The SMILES string of the molecule is C=C1/C(=C/C=C2C=C(/C=C/C=C(\O)c3cc4ccccc4cc3C=O)CC(C)(C)C/2)C(=O)c2cc3ccccc3cc21. The van der Waals surface area contributed by atoms with Gasteiger partial charge in [0, 0.05) is 22.3 Å². The standard InChI is InChI=1S/C39H32O3/c1-25-33(38(42)36-21-31-13-7-6-11-29(31)19-34(25)36)16-15-27-17-26(22-39(2,3)23-27)9-8-14-37(41)35-20-30-12-5-4-10-28(30)18-32(35)24-40/h4-21,24,41H,1,22-23H2,2-3H3/b9-8+,27-15-,33-16-,37-14-. The third kappa shape index (κ3) is 5.22. The van der Waals surface area contributed by atoms with Crippen molar-refractivity contribution in [3.63, 3.8) is 0 Å². The zero-order valence-electron chi connectivity index (χ0n) is 23.9. The van der Waals surface area contributed by atoms with E-state index in [-0.39, 0.29) is 17.0 Å². The highest BCUT2D eigenvalue weighted by Crippen LogP contribution is 2.40. The van der Waals surface area contributed by atoms with Gasteiger partial charge in [-0.2, -0.15) is 0 Å². The highest BCUT2D eigenvalue weighted by molar-refractivity contribution is 6.27. The number of ketones is 1. The number of aliphatic hydroxyl groups excluding tert-OH is 1. The van der Waals surface area contributed by atoms with Crippen LogP contribution in [0.15, 0.2) is 133 Å². The summed E-state index contributed by atoms with van der Waals surface area (Å²) >= 11 is 0. The molecule has 2 aliphatic rings. The molecule has 0 radical (unpaired) electrons. The molecule has 0 aliphatic heterocycles. The fraction of sp³-hybridized carbons (Fsp3) is 0.128. The zero-order valence-corrected chi connectivity index (χ0v) is 23.9. The molecule has 206 valence electrons. The monoisotopic (exact) mass is 548 g/mol. The van der Waals surface area contributed by atoms with E-state index in [1.54, 1.807) is 12.1 Å². The van der Waals surface area contributed by atoms with E-state index in [2.05, 4.69) is 38.6 Å². The van der Waals surface area contributed by atoms with Gasteiger partial charge < -0.3 is 5.11 Å². The second-order valence-electron chi connectivity index (χ2n) is 11.9. The predicted octanol–water partition coefficient (Wildman–Crippen LogP) is 9.77. The van der Waals surface area contributed by atoms with E-state index in [4.69, 9.17) is 0 Å². The summed E-state index contributed by atoms with van der Waals surface area (Å²) in [4.78, 5) is 25.0. The van der Waals surface area contributed by atoms with Crippen molar-refractivity contribution in [3.05, 3.63) is 155 Å². The smallest absolute Gasteiger partial charge is 0.194 e. The molecule has 0 aromatic heterocycles. The van der Waals surface area contributed by atoms with Crippen LogP contribution in [0.4, 0.5) is 0 Å². The van der Waals surface area contributed by atoms with Crippen molar-refractivity contribution in [3.8, 4) is 0 Å². The number of aliphatic hydroxyl groups is 1. The molecule has 3 nitrogen and oxygen atoms in total. The van der Waals surface area contributed by atoms with Crippen molar-refractivity contribution < 1.29 is 14.7 Å². The Morgan fingerprint density at radius 3 is 2.14 bits per heavy atom. The highest BCUT2D eigenvalue weighted by Gasteiger charge is 2.29. The van der Waals surface area contributed by atoms with Crippen LogP contribution < -0.4 is 0 Å². The Hall–Kier alpha value is -5.02. The summed E-state index contributed by atoms with van der Waals surface area (Å²) in [5, 5.41) is 14.9. The number of hydrogen-bond donors (Lipinski definition) is 1. The largest absolute Gasteiger partial charge is 0.507 e. The summed E-state index contributed by atoms with van der Waals surface area (Å²) in [6, 6.07) is 23.5. The average Bonchev–Trinajstić information content (AvgIpc) is 3.21. The number of benzene rings is 4. The van der Waals surface area contributed by atoms with Gasteiger partial charge in [0.05, 0.1) is 0 Å². The number of fused-ring (bicyclic) bond motifs is 3. The van der Waals surface area contributed by atoms with Crippen LogP contribution in [0.3, 0.4) is 0 Å². The molecule has 4 aromatic rings. The first-order chi connectivity index (χ1) is 20.2. The number of aldehydes is 1. The first-order valence-electron chi connectivity index (χ1n) is 14.2. The Kier molecular flexibility index (Phi) is 6.96. The quantitative estimate of drug-likeness (QED) is 0.117. The molecule has 0 heterocycles.